The van der Waals surface area contributed by atoms with E-state index in [1.165, 1.54) is 26.0 Å². The Bertz CT molecular complexity index is 1360. The van der Waals surface area contributed by atoms with Gasteiger partial charge in [0.25, 0.3) is 10.0 Å². The van der Waals surface area contributed by atoms with Gasteiger partial charge in [0.2, 0.25) is 11.5 Å². The fraction of sp³-hybridized carbons (Fsp3) is 0.500. The Morgan fingerprint density at radius 2 is 1.87 bits per heavy atom. The van der Waals surface area contributed by atoms with Gasteiger partial charge in [0.1, 0.15) is 16.7 Å². The van der Waals surface area contributed by atoms with Gasteiger partial charge >= 0.3 is 18.8 Å². The Kier molecular flexibility index (Phi) is 8.06. The molecule has 0 spiro atoms. The maximum Gasteiger partial charge on any atom is 0.427 e. The highest BCUT2D eigenvalue weighted by Gasteiger charge is 2.51. The molecule has 0 fully saturated rings. The number of nitrogens with one attached hydrogen (secondary N) is 2. The molecule has 1 aliphatic rings. The number of carbonyl (C=O) groups excluding carboxylic acids is 2. The normalized spacial score (nSPS) is 16.8. The number of sulfonamides is 1. The molecule has 2 amide bonds. The summed E-state index contributed by atoms with van der Waals surface area (Å²) in [5.74, 6) is -0.444. The minimum atomic E-state index is -4.86. The molecular weight excluding hydrogens is 557 g/mol. The number of benzene rings is 1. The number of hydrogen-bond acceptors (Lipinski definition) is 7. The molecule has 0 aliphatic carbocycles. The zero-order valence-electron chi connectivity index (χ0n) is 21.3. The van der Waals surface area contributed by atoms with E-state index in [0.29, 0.717) is 20.0 Å². The summed E-state index contributed by atoms with van der Waals surface area (Å²) >= 11 is 0. The molecule has 0 radical (unpaired) electrons. The molecule has 17 heteroatoms. The van der Waals surface area contributed by atoms with Crippen molar-refractivity contribution >= 4 is 33.4 Å². The van der Waals surface area contributed by atoms with Crippen LogP contribution < -0.4 is 19.7 Å². The maximum absolute atomic E-state index is 13.7. The minimum Gasteiger partial charge on any atom is -0.484 e. The molecule has 0 unspecified atom stereocenters. The number of halogens is 5. The molecule has 1 aliphatic heterocycles. The second kappa shape index (κ2) is 10.5. The average molecular weight is 584 g/mol. The zero-order chi connectivity index (χ0) is 29.5. The number of aromatic nitrogens is 2. The van der Waals surface area contributed by atoms with Crippen LogP contribution in [0.2, 0.25) is 0 Å². The van der Waals surface area contributed by atoms with Crippen molar-refractivity contribution < 1.29 is 49.4 Å². The van der Waals surface area contributed by atoms with Gasteiger partial charge in [-0.25, -0.2) is 17.9 Å². The van der Waals surface area contributed by atoms with Gasteiger partial charge in [0, 0.05) is 12.6 Å². The molecule has 216 valence electrons. The van der Waals surface area contributed by atoms with Crippen molar-refractivity contribution in [3.8, 4) is 5.75 Å². The monoisotopic (exact) mass is 583 g/mol. The second-order valence-corrected chi connectivity index (χ2v) is 11.1. The van der Waals surface area contributed by atoms with Gasteiger partial charge in [-0.05, 0) is 45.9 Å². The summed E-state index contributed by atoms with van der Waals surface area (Å²) in [5, 5.41) is 8.24. The number of aryl methyl sites for hydroxylation is 1. The van der Waals surface area contributed by atoms with Crippen molar-refractivity contribution in [2.24, 2.45) is 0 Å². The van der Waals surface area contributed by atoms with Crippen LogP contribution in [-0.4, -0.2) is 60.7 Å². The van der Waals surface area contributed by atoms with Crippen molar-refractivity contribution in [3.63, 3.8) is 0 Å². The fourth-order valence-corrected chi connectivity index (χ4v) is 5.26. The van der Waals surface area contributed by atoms with Gasteiger partial charge in [-0.15, -0.1) is 0 Å². The number of carbonyl (C=O) groups is 2. The first-order valence-electron chi connectivity index (χ1n) is 11.3. The number of alkyl halides is 5. The predicted molar refractivity (Wildman–Crippen MR) is 127 cm³/mol. The van der Waals surface area contributed by atoms with Gasteiger partial charge in [-0.1, -0.05) is 0 Å². The lowest BCUT2D eigenvalue weighted by atomic mass is 10.1. The minimum absolute atomic E-state index is 0.0273. The van der Waals surface area contributed by atoms with E-state index >= 15 is 0 Å². The van der Waals surface area contributed by atoms with E-state index in [1.807, 2.05) is 0 Å². The van der Waals surface area contributed by atoms with Crippen LogP contribution >= 0.6 is 0 Å². The highest BCUT2D eigenvalue weighted by molar-refractivity contribution is 7.92. The van der Waals surface area contributed by atoms with Crippen LogP contribution in [0.3, 0.4) is 0 Å². The number of nitrogens with zero attached hydrogens (tertiary/aromatic N) is 3. The summed E-state index contributed by atoms with van der Waals surface area (Å²) in [6, 6.07) is 2.90. The number of amides is 2. The molecule has 2 aromatic rings. The number of fused-ring (bicyclic) bond motifs is 1. The van der Waals surface area contributed by atoms with Gasteiger partial charge in [0.05, 0.1) is 30.2 Å². The van der Waals surface area contributed by atoms with E-state index in [9.17, 15) is 40.0 Å². The van der Waals surface area contributed by atoms with Gasteiger partial charge in [-0.2, -0.15) is 27.1 Å². The first-order valence-corrected chi connectivity index (χ1v) is 12.8. The van der Waals surface area contributed by atoms with Crippen LogP contribution in [0, 0.1) is 6.92 Å². The predicted octanol–water partition coefficient (Wildman–Crippen LogP) is 3.96. The van der Waals surface area contributed by atoms with Crippen LogP contribution in [0.4, 0.5) is 38.1 Å². The molecule has 0 saturated carbocycles. The molecule has 3 rings (SSSR count). The zero-order valence-corrected chi connectivity index (χ0v) is 22.2. The van der Waals surface area contributed by atoms with E-state index in [2.05, 4.69) is 20.5 Å². The molecule has 39 heavy (non-hydrogen) atoms. The lowest BCUT2D eigenvalue weighted by Crippen LogP contribution is -2.52. The fourth-order valence-electron chi connectivity index (χ4n) is 3.62. The molecule has 2 heterocycles. The van der Waals surface area contributed by atoms with Gasteiger partial charge < -0.3 is 14.8 Å². The summed E-state index contributed by atoms with van der Waals surface area (Å²) in [6.45, 7) is 1.84. The Labute approximate surface area is 220 Å². The van der Waals surface area contributed by atoms with Crippen LogP contribution in [0.15, 0.2) is 29.3 Å². The lowest BCUT2D eigenvalue weighted by Gasteiger charge is -2.38. The third kappa shape index (κ3) is 6.34. The highest BCUT2D eigenvalue weighted by atomic mass is 32.2. The number of anilines is 2. The second-order valence-electron chi connectivity index (χ2n) is 9.22. The Balaban J connectivity index is 2.03. The topological polar surface area (TPSA) is 132 Å². The third-order valence-corrected chi connectivity index (χ3v) is 7.64. The molecule has 2 atom stereocenters. The average Bonchev–Trinajstić information content (AvgIpc) is 3.19. The van der Waals surface area contributed by atoms with Gasteiger partial charge in [0.15, 0.2) is 0 Å². The maximum atomic E-state index is 13.7. The highest BCUT2D eigenvalue weighted by Crippen LogP contribution is 2.40. The molecule has 0 bridgehead atoms. The van der Waals surface area contributed by atoms with E-state index in [0.717, 1.165) is 10.4 Å². The van der Waals surface area contributed by atoms with Crippen molar-refractivity contribution in [1.82, 2.24) is 15.1 Å². The molecule has 1 aromatic carbocycles. The quantitative estimate of drug-likeness (QED) is 0.472. The molecule has 1 aromatic heterocycles. The lowest BCUT2D eigenvalue weighted by molar-refractivity contribution is -0.242. The standard InChI is InChI=1S/C22H26F5N5O6S/c1-11(28-13(3)33)17-9-32(39(35,36)18-10-31(19(23)24)30-12(18)2)15-8-14(6-7-16(15)37-17)29-20(34)38-21(4,5)22(25,26)27/h6-8,10-11,17,19H,9H2,1-5H3,(H,28,33)(H,29,34)/t11-,17-/m1/s1. The molecule has 2 N–H and O–H groups in total. The summed E-state index contributed by atoms with van der Waals surface area (Å²) in [6.07, 6.45) is -6.60. The number of hydrogen-bond donors (Lipinski definition) is 2. The van der Waals surface area contributed by atoms with E-state index in [1.54, 1.807) is 6.92 Å². The Morgan fingerprint density at radius 3 is 2.41 bits per heavy atom. The van der Waals surface area contributed by atoms with Crippen LogP contribution in [0.25, 0.3) is 0 Å². The van der Waals surface area contributed by atoms with Crippen molar-refractivity contribution in [2.75, 3.05) is 16.2 Å². The summed E-state index contributed by atoms with van der Waals surface area (Å²) < 4.78 is 104. The van der Waals surface area contributed by atoms with E-state index in [-0.39, 0.29) is 27.5 Å². The van der Waals surface area contributed by atoms with E-state index in [4.69, 9.17) is 4.74 Å². The summed E-state index contributed by atoms with van der Waals surface area (Å²) in [5.41, 5.74) is -3.34. The molecule has 11 nitrogen and oxygen atoms in total. The SMILES string of the molecule is CC(=O)N[C@H](C)[C@H]1CN(S(=O)(=O)c2cn(C(F)F)nc2C)c2cc(NC(=O)OC(C)(C)C(F)(F)F)ccc2O1. The number of ether oxygens (including phenoxy) is 2. The summed E-state index contributed by atoms with van der Waals surface area (Å²) in [4.78, 5) is 23.2. The van der Waals surface area contributed by atoms with Crippen LogP contribution in [0.5, 0.6) is 5.75 Å². The first kappa shape index (κ1) is 29.9. The van der Waals surface area contributed by atoms with Crippen LogP contribution in [-0.2, 0) is 19.6 Å². The van der Waals surface area contributed by atoms with Gasteiger partial charge in [-0.3, -0.25) is 14.4 Å². The van der Waals surface area contributed by atoms with Crippen molar-refractivity contribution in [3.05, 3.63) is 30.1 Å². The Hall–Kier alpha value is -3.63. The Morgan fingerprint density at radius 1 is 1.23 bits per heavy atom. The van der Waals surface area contributed by atoms with E-state index < -0.39 is 63.9 Å². The molecule has 0 saturated heterocycles. The van der Waals surface area contributed by atoms with Crippen LogP contribution in [0.1, 0.15) is 39.9 Å². The summed E-state index contributed by atoms with van der Waals surface area (Å²) in [7, 11) is -4.58. The largest absolute Gasteiger partial charge is 0.484 e. The molecular formula is C22H26F5N5O6S. The third-order valence-electron chi connectivity index (χ3n) is 5.76. The number of rotatable bonds is 7. The van der Waals surface area contributed by atoms with Crippen molar-refractivity contribution in [2.45, 2.75) is 70.0 Å². The first-order chi connectivity index (χ1) is 17.8. The smallest absolute Gasteiger partial charge is 0.427 e. The van der Waals surface area contributed by atoms with Crippen molar-refractivity contribution in [1.29, 1.82) is 0 Å².